The number of halogens is 1. The van der Waals surface area contributed by atoms with Gasteiger partial charge in [-0.1, -0.05) is 34.9 Å². The number of nitrogens with two attached hydrogens (primary N) is 1. The monoisotopic (exact) mass is 339 g/mol. The van der Waals surface area contributed by atoms with Gasteiger partial charge in [-0.15, -0.1) is 0 Å². The molecule has 1 unspecified atom stereocenters. The number of anilines is 1. The third-order valence-corrected chi connectivity index (χ3v) is 3.39. The van der Waals surface area contributed by atoms with Crippen LogP contribution in [-0.4, -0.2) is 16.7 Å². The summed E-state index contributed by atoms with van der Waals surface area (Å²) in [5, 5.41) is 4.02. The number of aromatic nitrogens is 2. The number of rotatable bonds is 5. The highest BCUT2D eigenvalue weighted by Crippen LogP contribution is 2.30. The molecule has 0 saturated heterocycles. The number of hydrogen-bond acceptors (Lipinski definition) is 5. The number of benzene rings is 1. The summed E-state index contributed by atoms with van der Waals surface area (Å²) in [5.74, 6) is 1.23. The van der Waals surface area contributed by atoms with Crippen LogP contribution in [0.4, 0.5) is 5.69 Å². The molecule has 2 N–H and O–H groups in total. The minimum absolute atomic E-state index is 0.172. The van der Waals surface area contributed by atoms with Gasteiger partial charge in [-0.2, -0.15) is 4.98 Å². The average Bonchev–Trinajstić information content (AvgIpc) is 2.84. The first kappa shape index (κ1) is 15.0. The zero-order valence-electron chi connectivity index (χ0n) is 11.8. The molecule has 0 aliphatic carbocycles. The summed E-state index contributed by atoms with van der Waals surface area (Å²) in [6, 6.07) is 5.54. The Morgan fingerprint density at radius 1 is 1.40 bits per heavy atom. The van der Waals surface area contributed by atoms with E-state index in [0.717, 1.165) is 10.0 Å². The Morgan fingerprint density at radius 3 is 2.75 bits per heavy atom. The van der Waals surface area contributed by atoms with Crippen LogP contribution in [0.5, 0.6) is 0 Å². The van der Waals surface area contributed by atoms with Crippen molar-refractivity contribution < 1.29 is 9.26 Å². The second kappa shape index (κ2) is 6.37. The Balaban J connectivity index is 2.32. The summed E-state index contributed by atoms with van der Waals surface area (Å²) < 4.78 is 11.9. The second-order valence-corrected chi connectivity index (χ2v) is 5.72. The van der Waals surface area contributed by atoms with Crippen molar-refractivity contribution in [2.45, 2.75) is 26.9 Å². The summed E-state index contributed by atoms with van der Waals surface area (Å²) in [5.41, 5.74) is 7.29. The Morgan fingerprint density at radius 2 is 2.15 bits per heavy atom. The molecular weight excluding hydrogens is 322 g/mol. The number of nitrogens with zero attached hydrogens (tertiary/aromatic N) is 2. The lowest BCUT2D eigenvalue weighted by atomic mass is 10.1. The van der Waals surface area contributed by atoms with Gasteiger partial charge in [0.05, 0.1) is 5.56 Å². The van der Waals surface area contributed by atoms with Gasteiger partial charge in [-0.3, -0.25) is 0 Å². The molecule has 2 rings (SSSR count). The maximum absolute atomic E-state index is 5.97. The fraction of sp³-hybridized carbons (Fsp3) is 0.429. The Labute approximate surface area is 126 Å². The Bertz CT molecular complexity index is 584. The van der Waals surface area contributed by atoms with Gasteiger partial charge in [0, 0.05) is 16.8 Å². The lowest BCUT2D eigenvalue weighted by Crippen LogP contribution is -2.12. The van der Waals surface area contributed by atoms with E-state index >= 15 is 0 Å². The van der Waals surface area contributed by atoms with Gasteiger partial charge in [0.25, 0.3) is 5.89 Å². The summed E-state index contributed by atoms with van der Waals surface area (Å²) in [4.78, 5) is 4.41. The second-order valence-electron chi connectivity index (χ2n) is 4.81. The minimum atomic E-state index is -0.172. The third-order valence-electron chi connectivity index (χ3n) is 2.89. The van der Waals surface area contributed by atoms with E-state index in [-0.39, 0.29) is 12.0 Å². The normalized spacial score (nSPS) is 12.8. The highest BCUT2D eigenvalue weighted by Gasteiger charge is 2.23. The van der Waals surface area contributed by atoms with Crippen LogP contribution in [0.3, 0.4) is 0 Å². The van der Waals surface area contributed by atoms with E-state index in [1.165, 1.54) is 0 Å². The molecule has 0 saturated carbocycles. The standard InChI is InChI=1S/C14H18BrN3O2/c1-4-19-12(8(2)3)13-17-14(20-18-13)10-6-5-9(15)7-11(10)16/h5-8,12H,4,16H2,1-3H3. The van der Waals surface area contributed by atoms with Crippen LogP contribution in [0.25, 0.3) is 11.5 Å². The van der Waals surface area contributed by atoms with Crippen LogP contribution in [0.1, 0.15) is 32.7 Å². The maximum Gasteiger partial charge on any atom is 0.260 e. The molecule has 0 fully saturated rings. The number of nitrogen functional groups attached to an aromatic ring is 1. The molecule has 0 aliphatic rings. The van der Waals surface area contributed by atoms with Gasteiger partial charge in [0.2, 0.25) is 5.82 Å². The molecule has 0 bridgehead atoms. The van der Waals surface area contributed by atoms with Gasteiger partial charge in [-0.25, -0.2) is 0 Å². The molecule has 20 heavy (non-hydrogen) atoms. The number of hydrogen-bond donors (Lipinski definition) is 1. The fourth-order valence-electron chi connectivity index (χ4n) is 1.93. The molecule has 6 heteroatoms. The molecule has 0 spiro atoms. The first-order valence-electron chi connectivity index (χ1n) is 6.53. The lowest BCUT2D eigenvalue weighted by molar-refractivity contribution is 0.0217. The van der Waals surface area contributed by atoms with Gasteiger partial charge < -0.3 is 15.0 Å². The summed E-state index contributed by atoms with van der Waals surface area (Å²) in [6.07, 6.45) is -0.172. The zero-order chi connectivity index (χ0) is 14.7. The molecule has 108 valence electrons. The maximum atomic E-state index is 5.97. The molecular formula is C14H18BrN3O2. The topological polar surface area (TPSA) is 74.2 Å². The van der Waals surface area contributed by atoms with Crippen molar-refractivity contribution in [1.82, 2.24) is 10.1 Å². The van der Waals surface area contributed by atoms with E-state index in [1.54, 1.807) is 0 Å². The van der Waals surface area contributed by atoms with Crippen LogP contribution >= 0.6 is 15.9 Å². The lowest BCUT2D eigenvalue weighted by Gasteiger charge is -2.16. The predicted octanol–water partition coefficient (Wildman–Crippen LogP) is 3.81. The molecule has 0 aliphatic heterocycles. The summed E-state index contributed by atoms with van der Waals surface area (Å²) >= 11 is 3.37. The van der Waals surface area contributed by atoms with Crippen molar-refractivity contribution in [3.05, 3.63) is 28.5 Å². The van der Waals surface area contributed by atoms with Crippen LogP contribution in [0.15, 0.2) is 27.2 Å². The van der Waals surface area contributed by atoms with E-state index in [9.17, 15) is 0 Å². The quantitative estimate of drug-likeness (QED) is 0.838. The molecule has 0 radical (unpaired) electrons. The van der Waals surface area contributed by atoms with E-state index in [0.29, 0.717) is 24.0 Å². The van der Waals surface area contributed by atoms with E-state index in [2.05, 4.69) is 39.9 Å². The summed E-state index contributed by atoms with van der Waals surface area (Å²) in [6.45, 7) is 6.67. The van der Waals surface area contributed by atoms with Gasteiger partial charge >= 0.3 is 0 Å². The molecule has 1 heterocycles. The third kappa shape index (κ3) is 3.19. The Hall–Kier alpha value is -1.40. The van der Waals surface area contributed by atoms with E-state index < -0.39 is 0 Å². The Kier molecular flexibility index (Phi) is 4.77. The van der Waals surface area contributed by atoms with Crippen molar-refractivity contribution >= 4 is 21.6 Å². The molecule has 0 amide bonds. The van der Waals surface area contributed by atoms with Crippen LogP contribution in [-0.2, 0) is 4.74 Å². The summed E-state index contributed by atoms with van der Waals surface area (Å²) in [7, 11) is 0. The van der Waals surface area contributed by atoms with Crippen LogP contribution in [0.2, 0.25) is 0 Å². The molecule has 2 aromatic rings. The molecule has 1 atom stereocenters. The van der Waals surface area contributed by atoms with Gasteiger partial charge in [0.15, 0.2) is 0 Å². The largest absolute Gasteiger partial charge is 0.398 e. The minimum Gasteiger partial charge on any atom is -0.398 e. The number of ether oxygens (including phenoxy) is 1. The average molecular weight is 340 g/mol. The highest BCUT2D eigenvalue weighted by atomic mass is 79.9. The van der Waals surface area contributed by atoms with Crippen molar-refractivity contribution in [2.75, 3.05) is 12.3 Å². The fourth-order valence-corrected chi connectivity index (χ4v) is 2.31. The molecule has 5 nitrogen and oxygen atoms in total. The first-order valence-corrected chi connectivity index (χ1v) is 7.32. The molecule has 1 aromatic heterocycles. The SMILES string of the molecule is CCOC(c1noc(-c2ccc(Br)cc2N)n1)C(C)C. The van der Waals surface area contributed by atoms with Gasteiger partial charge in [0.1, 0.15) is 6.10 Å². The zero-order valence-corrected chi connectivity index (χ0v) is 13.3. The van der Waals surface area contributed by atoms with E-state index in [4.69, 9.17) is 15.0 Å². The smallest absolute Gasteiger partial charge is 0.260 e. The predicted molar refractivity (Wildman–Crippen MR) is 81.1 cm³/mol. The van der Waals surface area contributed by atoms with Crippen molar-refractivity contribution in [2.24, 2.45) is 5.92 Å². The molecule has 1 aromatic carbocycles. The van der Waals surface area contributed by atoms with Crippen LogP contribution < -0.4 is 5.73 Å². The first-order chi connectivity index (χ1) is 9.52. The van der Waals surface area contributed by atoms with Crippen LogP contribution in [0, 0.1) is 5.92 Å². The van der Waals surface area contributed by atoms with Crippen molar-refractivity contribution in [3.63, 3.8) is 0 Å². The van der Waals surface area contributed by atoms with Crippen molar-refractivity contribution in [1.29, 1.82) is 0 Å². The van der Waals surface area contributed by atoms with Gasteiger partial charge in [-0.05, 0) is 31.0 Å². The van der Waals surface area contributed by atoms with E-state index in [1.807, 2.05) is 25.1 Å². The highest BCUT2D eigenvalue weighted by molar-refractivity contribution is 9.10. The van der Waals surface area contributed by atoms with Crippen molar-refractivity contribution in [3.8, 4) is 11.5 Å².